The second kappa shape index (κ2) is 14.8. The van der Waals surface area contributed by atoms with Crippen molar-refractivity contribution in [2.24, 2.45) is 0 Å². The lowest BCUT2D eigenvalue weighted by molar-refractivity contribution is -0.181. The Morgan fingerprint density at radius 2 is 1.05 bits per heavy atom. The average Bonchev–Trinajstić information content (AvgIpc) is 2.13. The van der Waals surface area contributed by atoms with Crippen molar-refractivity contribution in [1.29, 1.82) is 0 Å². The number of rotatable bonds is 2. The van der Waals surface area contributed by atoms with Crippen molar-refractivity contribution in [3.8, 4) is 0 Å². The van der Waals surface area contributed by atoms with Crippen LogP contribution in [0.1, 0.15) is 41.5 Å². The Balaban J connectivity index is -0.000000251. The molecular formula is C12H20O8. The van der Waals surface area contributed by atoms with E-state index in [1.807, 2.05) is 0 Å². The third-order valence-corrected chi connectivity index (χ3v) is 0.951. The first-order valence-electron chi connectivity index (χ1n) is 5.49. The molecule has 0 aliphatic heterocycles. The molecule has 0 saturated heterocycles. The molecule has 0 unspecified atom stereocenters. The summed E-state index contributed by atoms with van der Waals surface area (Å²) in [6.45, 7) is 7.78. The SMILES string of the molecule is CC(=O)OC(C)=O.CC(=O)OC(C)OC(C)=O.CC=O. The van der Waals surface area contributed by atoms with Crippen molar-refractivity contribution in [3.63, 3.8) is 0 Å². The van der Waals surface area contributed by atoms with E-state index in [4.69, 9.17) is 4.79 Å². The molecule has 0 aliphatic rings. The third-order valence-electron chi connectivity index (χ3n) is 0.951. The summed E-state index contributed by atoms with van der Waals surface area (Å²) < 4.78 is 12.9. The summed E-state index contributed by atoms with van der Waals surface area (Å²) in [7, 11) is 0. The normalized spacial score (nSPS) is 7.95. The molecular weight excluding hydrogens is 272 g/mol. The molecule has 0 N–H and O–H groups in total. The molecule has 20 heavy (non-hydrogen) atoms. The average molecular weight is 292 g/mol. The predicted octanol–water partition coefficient (Wildman–Crippen LogP) is 0.760. The van der Waals surface area contributed by atoms with Crippen LogP contribution in [0.25, 0.3) is 0 Å². The summed E-state index contributed by atoms with van der Waals surface area (Å²) in [5.41, 5.74) is 0. The monoisotopic (exact) mass is 292 g/mol. The molecule has 8 nitrogen and oxygen atoms in total. The lowest BCUT2D eigenvalue weighted by Crippen LogP contribution is -2.18. The van der Waals surface area contributed by atoms with Gasteiger partial charge in [-0.15, -0.1) is 0 Å². The summed E-state index contributed by atoms with van der Waals surface area (Å²) in [6.07, 6.45) is -0.0324. The maximum absolute atomic E-state index is 10.2. The van der Waals surface area contributed by atoms with Gasteiger partial charge in [-0.1, -0.05) is 0 Å². The molecule has 0 radical (unpaired) electrons. The van der Waals surface area contributed by atoms with Gasteiger partial charge in [0.15, 0.2) is 0 Å². The largest absolute Gasteiger partial charge is 0.426 e. The van der Waals surface area contributed by atoms with Gasteiger partial charge in [0.05, 0.1) is 0 Å². The Morgan fingerprint density at radius 1 is 0.800 bits per heavy atom. The zero-order valence-electron chi connectivity index (χ0n) is 12.4. The molecule has 0 saturated carbocycles. The Morgan fingerprint density at radius 3 is 1.15 bits per heavy atom. The van der Waals surface area contributed by atoms with Gasteiger partial charge in [0.25, 0.3) is 0 Å². The van der Waals surface area contributed by atoms with Crippen molar-refractivity contribution < 1.29 is 38.2 Å². The Kier molecular flexibility index (Phi) is 16.9. The lowest BCUT2D eigenvalue weighted by atomic mass is 10.7. The van der Waals surface area contributed by atoms with E-state index in [9.17, 15) is 19.2 Å². The number of esters is 4. The first-order chi connectivity index (χ1) is 9.06. The molecule has 0 spiro atoms. The molecule has 8 heteroatoms. The van der Waals surface area contributed by atoms with Crippen LogP contribution in [-0.2, 0) is 38.2 Å². The fourth-order valence-electron chi connectivity index (χ4n) is 0.694. The van der Waals surface area contributed by atoms with Gasteiger partial charge in [-0.3, -0.25) is 19.2 Å². The molecule has 0 aromatic carbocycles. The minimum Gasteiger partial charge on any atom is -0.426 e. The van der Waals surface area contributed by atoms with Crippen LogP contribution in [0.2, 0.25) is 0 Å². The number of hydrogen-bond acceptors (Lipinski definition) is 8. The standard InChI is InChI=1S/C6H10O4.C4H6O3.C2H4O/c1-4(7)9-6(3)10-5(2)8;1-3(5)7-4(2)6;1-2-3/h6H,1-3H3;1-2H3;2H,1H3. The quantitative estimate of drug-likeness (QED) is 0.317. The number of aldehydes is 1. The van der Waals surface area contributed by atoms with E-state index in [1.165, 1.54) is 41.5 Å². The van der Waals surface area contributed by atoms with Gasteiger partial charge < -0.3 is 19.0 Å². The van der Waals surface area contributed by atoms with Crippen molar-refractivity contribution in [3.05, 3.63) is 0 Å². The molecule has 0 atom stereocenters. The summed E-state index contributed by atoms with van der Waals surface area (Å²) >= 11 is 0. The van der Waals surface area contributed by atoms with Crippen LogP contribution in [0, 0.1) is 0 Å². The highest BCUT2D eigenvalue weighted by molar-refractivity contribution is 5.82. The maximum atomic E-state index is 10.2. The van der Waals surface area contributed by atoms with Crippen molar-refractivity contribution in [2.45, 2.75) is 47.8 Å². The highest BCUT2D eigenvalue weighted by Crippen LogP contribution is 1.93. The van der Waals surface area contributed by atoms with Crippen LogP contribution < -0.4 is 0 Å². The van der Waals surface area contributed by atoms with E-state index in [1.54, 1.807) is 0 Å². The van der Waals surface area contributed by atoms with Crippen molar-refractivity contribution >= 4 is 30.2 Å². The van der Waals surface area contributed by atoms with Crippen molar-refractivity contribution in [2.75, 3.05) is 0 Å². The smallest absolute Gasteiger partial charge is 0.310 e. The highest BCUT2D eigenvalue weighted by atomic mass is 16.7. The number of hydrogen-bond donors (Lipinski definition) is 0. The van der Waals surface area contributed by atoms with Gasteiger partial charge in [0, 0.05) is 34.6 Å². The summed E-state index contributed by atoms with van der Waals surface area (Å²) in [5, 5.41) is 0. The second-order valence-corrected chi connectivity index (χ2v) is 3.11. The van der Waals surface area contributed by atoms with Crippen LogP contribution in [0.4, 0.5) is 0 Å². The molecule has 0 bridgehead atoms. The van der Waals surface area contributed by atoms with E-state index < -0.39 is 30.2 Å². The molecule has 0 aliphatic carbocycles. The topological polar surface area (TPSA) is 113 Å². The van der Waals surface area contributed by atoms with E-state index in [0.29, 0.717) is 0 Å². The lowest BCUT2D eigenvalue weighted by Gasteiger charge is -2.10. The number of ether oxygens (including phenoxy) is 3. The Hall–Kier alpha value is -2.25. The first-order valence-corrected chi connectivity index (χ1v) is 5.49. The summed E-state index contributed by atoms with van der Waals surface area (Å²) in [5.74, 6) is -2.05. The van der Waals surface area contributed by atoms with Crippen LogP contribution in [0.5, 0.6) is 0 Å². The molecule has 116 valence electrons. The van der Waals surface area contributed by atoms with Gasteiger partial charge in [-0.25, -0.2) is 0 Å². The fraction of sp³-hybridized carbons (Fsp3) is 0.583. The van der Waals surface area contributed by atoms with Crippen LogP contribution in [0.3, 0.4) is 0 Å². The highest BCUT2D eigenvalue weighted by Gasteiger charge is 2.06. The Labute approximate surface area is 117 Å². The van der Waals surface area contributed by atoms with Crippen LogP contribution >= 0.6 is 0 Å². The minimum absolute atomic E-state index is 0.464. The fourth-order valence-corrected chi connectivity index (χ4v) is 0.694. The maximum Gasteiger partial charge on any atom is 0.310 e. The first kappa shape index (κ1) is 22.9. The van der Waals surface area contributed by atoms with Gasteiger partial charge >= 0.3 is 23.9 Å². The summed E-state index contributed by atoms with van der Waals surface area (Å²) in [6, 6.07) is 0. The van der Waals surface area contributed by atoms with Gasteiger partial charge in [-0.2, -0.15) is 0 Å². The molecule has 0 rings (SSSR count). The molecule has 0 aromatic rings. The van der Waals surface area contributed by atoms with Crippen LogP contribution in [-0.4, -0.2) is 36.5 Å². The molecule has 0 aromatic heterocycles. The molecule has 0 amide bonds. The van der Waals surface area contributed by atoms with Crippen LogP contribution in [0.15, 0.2) is 0 Å². The zero-order chi connectivity index (χ0) is 16.7. The number of carbonyl (C=O) groups excluding carboxylic acids is 5. The van der Waals surface area contributed by atoms with E-state index in [0.717, 1.165) is 6.29 Å². The van der Waals surface area contributed by atoms with E-state index in [2.05, 4.69) is 14.2 Å². The zero-order valence-corrected chi connectivity index (χ0v) is 12.4. The molecule has 0 fully saturated rings. The third kappa shape index (κ3) is 36.0. The Bertz CT molecular complexity index is 306. The minimum atomic E-state index is -0.782. The van der Waals surface area contributed by atoms with E-state index in [-0.39, 0.29) is 0 Å². The predicted molar refractivity (Wildman–Crippen MR) is 67.2 cm³/mol. The van der Waals surface area contributed by atoms with Gasteiger partial charge in [-0.05, 0) is 6.92 Å². The van der Waals surface area contributed by atoms with Crippen molar-refractivity contribution in [1.82, 2.24) is 0 Å². The second-order valence-electron chi connectivity index (χ2n) is 3.11. The summed E-state index contributed by atoms with van der Waals surface area (Å²) in [4.78, 5) is 48.9. The van der Waals surface area contributed by atoms with E-state index >= 15 is 0 Å². The van der Waals surface area contributed by atoms with Gasteiger partial charge in [0.1, 0.15) is 6.29 Å². The number of carbonyl (C=O) groups is 5. The van der Waals surface area contributed by atoms with Gasteiger partial charge in [0.2, 0.25) is 6.29 Å². The molecule has 0 heterocycles.